The smallest absolute Gasteiger partial charge is 0.312 e. The van der Waals surface area contributed by atoms with Gasteiger partial charge in [0.1, 0.15) is 11.6 Å². The van der Waals surface area contributed by atoms with Gasteiger partial charge in [-0.15, -0.1) is 13.2 Å². The minimum absolute atomic E-state index is 0.0834. The number of carbonyl (C=O) groups is 3. The van der Waals surface area contributed by atoms with E-state index >= 15 is 0 Å². The average Bonchev–Trinajstić information content (AvgIpc) is 3.51. The Balaban J connectivity index is 1.94. The molecule has 3 heterocycles. The predicted molar refractivity (Wildman–Crippen MR) is 141 cm³/mol. The number of amides is 2. The third kappa shape index (κ3) is 5.65. The van der Waals surface area contributed by atoms with Crippen molar-refractivity contribution in [1.82, 2.24) is 9.80 Å². The van der Waals surface area contributed by atoms with E-state index < -0.39 is 41.6 Å². The van der Waals surface area contributed by atoms with Crippen LogP contribution < -0.4 is 0 Å². The van der Waals surface area contributed by atoms with Gasteiger partial charge in [0.2, 0.25) is 11.8 Å². The lowest BCUT2D eigenvalue weighted by Crippen LogP contribution is -2.59. The number of likely N-dealkylation sites (tertiary alicyclic amines) is 1. The highest BCUT2D eigenvalue weighted by molar-refractivity contribution is 5.98. The molecule has 8 nitrogen and oxygen atoms in total. The van der Waals surface area contributed by atoms with E-state index in [0.29, 0.717) is 25.9 Å². The van der Waals surface area contributed by atoms with Crippen LogP contribution in [-0.2, 0) is 23.9 Å². The van der Waals surface area contributed by atoms with Crippen molar-refractivity contribution < 1.29 is 29.0 Å². The number of ether oxygens (including phenoxy) is 2. The summed E-state index contributed by atoms with van der Waals surface area (Å²) in [5, 5.41) is 10.3. The maximum Gasteiger partial charge on any atom is 0.312 e. The molecule has 0 saturated carbocycles. The molecule has 1 spiro atoms. The first-order chi connectivity index (χ1) is 17.8. The summed E-state index contributed by atoms with van der Waals surface area (Å²) >= 11 is 0. The monoisotopic (exact) mass is 518 g/mol. The van der Waals surface area contributed by atoms with Crippen molar-refractivity contribution in [2.45, 2.75) is 95.9 Å². The highest BCUT2D eigenvalue weighted by Crippen LogP contribution is 2.59. The maximum absolute atomic E-state index is 14.2. The number of hydrogen-bond acceptors (Lipinski definition) is 6. The molecule has 0 aromatic carbocycles. The minimum atomic E-state index is -1.09. The van der Waals surface area contributed by atoms with Gasteiger partial charge in [0, 0.05) is 13.1 Å². The van der Waals surface area contributed by atoms with E-state index in [1.807, 2.05) is 19.9 Å². The van der Waals surface area contributed by atoms with Crippen LogP contribution in [0.3, 0.4) is 0 Å². The predicted octanol–water partition coefficient (Wildman–Crippen LogP) is 3.48. The number of carbonyl (C=O) groups excluding carboxylic acids is 3. The standard InChI is InChI=1S/C29H46N2O6/c1-6-9-11-13-18-36-28(35)23-22-14-15-29(37-22)24(23)26(33)31(21(19-32)20(4)5)25(29)27(34)30(16-8-3)17-12-10-7-2/h6,8,20-25,32H,1,3,7,9-19H2,2,4-5H3/t21-,22+,23-,24-,25?,29?/m0/s1. The average molecular weight is 519 g/mol. The van der Waals surface area contributed by atoms with Crippen LogP contribution in [0.1, 0.15) is 72.1 Å². The Labute approximate surface area is 222 Å². The van der Waals surface area contributed by atoms with Gasteiger partial charge >= 0.3 is 5.97 Å². The Bertz CT molecular complexity index is 844. The molecule has 8 heteroatoms. The van der Waals surface area contributed by atoms with Crippen LogP contribution in [-0.4, -0.2) is 82.8 Å². The molecule has 0 aromatic rings. The van der Waals surface area contributed by atoms with Crippen LogP contribution in [0.15, 0.2) is 25.3 Å². The number of hydrogen-bond donors (Lipinski definition) is 1. The zero-order valence-corrected chi connectivity index (χ0v) is 22.9. The molecular weight excluding hydrogens is 472 g/mol. The second kappa shape index (κ2) is 13.1. The summed E-state index contributed by atoms with van der Waals surface area (Å²) in [5.41, 5.74) is -1.09. The lowest BCUT2D eigenvalue weighted by molar-refractivity contribution is -0.157. The highest BCUT2D eigenvalue weighted by atomic mass is 16.6. The van der Waals surface area contributed by atoms with Crippen molar-refractivity contribution in [2.75, 3.05) is 26.3 Å². The Kier molecular flexibility index (Phi) is 10.4. The lowest BCUT2D eigenvalue weighted by atomic mass is 9.70. The minimum Gasteiger partial charge on any atom is -0.465 e. The van der Waals surface area contributed by atoms with E-state index in [0.717, 1.165) is 38.5 Å². The number of rotatable bonds is 16. The maximum atomic E-state index is 14.2. The summed E-state index contributed by atoms with van der Waals surface area (Å²) in [6, 6.07) is -1.44. The van der Waals surface area contributed by atoms with E-state index in [1.165, 1.54) is 0 Å². The zero-order chi connectivity index (χ0) is 27.2. The summed E-state index contributed by atoms with van der Waals surface area (Å²) in [6.07, 6.45) is 9.55. The molecular formula is C29H46N2O6. The number of aliphatic hydroxyl groups excluding tert-OH is 1. The third-order valence-electron chi connectivity index (χ3n) is 8.30. The first kappa shape index (κ1) is 29.4. The van der Waals surface area contributed by atoms with E-state index in [1.54, 1.807) is 15.9 Å². The third-order valence-corrected chi connectivity index (χ3v) is 8.30. The van der Waals surface area contributed by atoms with E-state index in [9.17, 15) is 19.5 Å². The van der Waals surface area contributed by atoms with Gasteiger partial charge in [0.05, 0.1) is 37.2 Å². The quantitative estimate of drug-likeness (QED) is 0.191. The van der Waals surface area contributed by atoms with Crippen molar-refractivity contribution in [1.29, 1.82) is 0 Å². The van der Waals surface area contributed by atoms with E-state index in [2.05, 4.69) is 20.1 Å². The molecule has 3 saturated heterocycles. The van der Waals surface area contributed by atoms with Gasteiger partial charge in [-0.25, -0.2) is 0 Å². The molecule has 37 heavy (non-hydrogen) atoms. The van der Waals surface area contributed by atoms with Crippen LogP contribution in [0.25, 0.3) is 0 Å². The normalized spacial score (nSPS) is 28.9. The van der Waals surface area contributed by atoms with Gasteiger partial charge in [-0.2, -0.15) is 0 Å². The molecule has 3 aliphatic rings. The Morgan fingerprint density at radius 3 is 2.62 bits per heavy atom. The molecule has 6 atom stereocenters. The molecule has 1 N–H and O–H groups in total. The molecule has 2 amide bonds. The molecule has 2 unspecified atom stereocenters. The number of allylic oxidation sites excluding steroid dienone is 1. The second-order valence-electron chi connectivity index (χ2n) is 11.0. The fourth-order valence-corrected chi connectivity index (χ4v) is 6.45. The first-order valence-electron chi connectivity index (χ1n) is 14.1. The molecule has 2 bridgehead atoms. The van der Waals surface area contributed by atoms with Gasteiger partial charge in [0.15, 0.2) is 0 Å². The van der Waals surface area contributed by atoms with Crippen LogP contribution >= 0.6 is 0 Å². The first-order valence-corrected chi connectivity index (χ1v) is 14.1. The molecule has 0 aromatic heterocycles. The summed E-state index contributed by atoms with van der Waals surface area (Å²) in [7, 11) is 0. The molecule has 0 aliphatic carbocycles. The van der Waals surface area contributed by atoms with E-state index in [4.69, 9.17) is 9.47 Å². The summed E-state index contributed by atoms with van der Waals surface area (Å²) in [6.45, 7) is 14.5. The van der Waals surface area contributed by atoms with Crippen molar-refractivity contribution >= 4 is 17.8 Å². The number of nitrogens with zero attached hydrogens (tertiary/aromatic N) is 2. The van der Waals surface area contributed by atoms with Crippen molar-refractivity contribution in [3.8, 4) is 0 Å². The molecule has 0 radical (unpaired) electrons. The van der Waals surface area contributed by atoms with Crippen molar-refractivity contribution in [3.05, 3.63) is 25.3 Å². The number of fused-ring (bicyclic) bond motifs is 1. The van der Waals surface area contributed by atoms with Crippen LogP contribution in [0.4, 0.5) is 0 Å². The van der Waals surface area contributed by atoms with Gasteiger partial charge < -0.3 is 24.4 Å². The van der Waals surface area contributed by atoms with Gasteiger partial charge in [0.25, 0.3) is 0 Å². The van der Waals surface area contributed by atoms with Crippen LogP contribution in [0.5, 0.6) is 0 Å². The van der Waals surface area contributed by atoms with Crippen molar-refractivity contribution in [3.63, 3.8) is 0 Å². The number of unbranched alkanes of at least 4 members (excludes halogenated alkanes) is 4. The summed E-state index contributed by atoms with van der Waals surface area (Å²) < 4.78 is 12.1. The molecule has 3 fully saturated rings. The molecule has 208 valence electrons. The number of esters is 1. The molecule has 3 aliphatic heterocycles. The molecule has 3 rings (SSSR count). The van der Waals surface area contributed by atoms with E-state index in [-0.39, 0.29) is 30.9 Å². The lowest BCUT2D eigenvalue weighted by Gasteiger charge is -2.40. The van der Waals surface area contributed by atoms with Crippen LogP contribution in [0, 0.1) is 17.8 Å². The van der Waals surface area contributed by atoms with Gasteiger partial charge in [-0.1, -0.05) is 45.8 Å². The largest absolute Gasteiger partial charge is 0.465 e. The fourth-order valence-electron chi connectivity index (χ4n) is 6.45. The van der Waals surface area contributed by atoms with Gasteiger partial charge in [-0.3, -0.25) is 14.4 Å². The number of aliphatic hydroxyl groups is 1. The van der Waals surface area contributed by atoms with Crippen LogP contribution in [0.2, 0.25) is 0 Å². The second-order valence-corrected chi connectivity index (χ2v) is 11.0. The van der Waals surface area contributed by atoms with Crippen molar-refractivity contribution in [2.24, 2.45) is 17.8 Å². The van der Waals surface area contributed by atoms with Gasteiger partial charge in [-0.05, 0) is 44.4 Å². The Morgan fingerprint density at radius 1 is 1.24 bits per heavy atom. The Hall–Kier alpha value is -2.19. The Morgan fingerprint density at radius 2 is 2.00 bits per heavy atom. The topological polar surface area (TPSA) is 96.4 Å². The fraction of sp³-hybridized carbons (Fsp3) is 0.759. The summed E-state index contributed by atoms with van der Waals surface area (Å²) in [4.78, 5) is 44.9. The SMILES string of the molecule is C=CCCCCOC(=O)[C@@H]1[C@H]2C(=O)N([C@@H](CO)C(C)C)C(C(=O)N(CC=C)CCCCC)C23CC[C@H]1O3. The zero-order valence-electron chi connectivity index (χ0n) is 22.9. The highest BCUT2D eigenvalue weighted by Gasteiger charge is 2.75. The summed E-state index contributed by atoms with van der Waals surface area (Å²) in [5.74, 6) is -2.50.